The van der Waals surface area contributed by atoms with Gasteiger partial charge in [-0.15, -0.1) is 0 Å². The van der Waals surface area contributed by atoms with Crippen LogP contribution in [0.4, 0.5) is 0 Å². The fraction of sp³-hybridized carbons (Fsp3) is 0.529. The standard InChI is InChI=1S/C34H41ClN2O5S/c1-21-12-27(13-22(2)31(21)35)42-10-5-8-29-28-7-4-3-6-26(28)17-30(29)32(38)36-9-11-43(40,41)37-33(39)34-18-23-14-24(19-34)16-25(15-23)20-34/h3-4,6-7,12-13,23-25H,5,8-11,14-20H2,1-2H3,(H,36,38)(H,37,39). The Kier molecular flexibility index (Phi) is 8.37. The second-order valence-electron chi connectivity index (χ2n) is 13.3. The van der Waals surface area contributed by atoms with Gasteiger partial charge in [0.05, 0.1) is 17.8 Å². The summed E-state index contributed by atoms with van der Waals surface area (Å²) in [6.07, 6.45) is 7.83. The molecule has 0 unspecified atom stereocenters. The molecule has 0 aliphatic heterocycles. The van der Waals surface area contributed by atoms with Crippen molar-refractivity contribution >= 4 is 39.0 Å². The van der Waals surface area contributed by atoms with Gasteiger partial charge in [0.25, 0.3) is 0 Å². The summed E-state index contributed by atoms with van der Waals surface area (Å²) in [6, 6.07) is 11.8. The number of hydrogen-bond acceptors (Lipinski definition) is 5. The van der Waals surface area contributed by atoms with Gasteiger partial charge in [-0.1, -0.05) is 35.9 Å². The lowest BCUT2D eigenvalue weighted by Gasteiger charge is -2.55. The van der Waals surface area contributed by atoms with Crippen LogP contribution < -0.4 is 14.8 Å². The number of fused-ring (bicyclic) bond motifs is 1. The van der Waals surface area contributed by atoms with Crippen molar-refractivity contribution in [3.63, 3.8) is 0 Å². The van der Waals surface area contributed by atoms with Crippen LogP contribution in [0.3, 0.4) is 0 Å². The highest BCUT2D eigenvalue weighted by molar-refractivity contribution is 7.90. The number of hydrogen-bond donors (Lipinski definition) is 2. The smallest absolute Gasteiger partial charge is 0.247 e. The van der Waals surface area contributed by atoms with E-state index in [0.29, 0.717) is 49.2 Å². The average Bonchev–Trinajstić information content (AvgIpc) is 3.31. The molecule has 7 nitrogen and oxygen atoms in total. The Morgan fingerprint density at radius 1 is 1.00 bits per heavy atom. The predicted octanol–water partition coefficient (Wildman–Crippen LogP) is 5.90. The first-order valence-electron chi connectivity index (χ1n) is 15.5. The first-order valence-corrected chi connectivity index (χ1v) is 17.6. The van der Waals surface area contributed by atoms with Crippen LogP contribution in [0.5, 0.6) is 5.75 Å². The molecule has 2 aromatic carbocycles. The van der Waals surface area contributed by atoms with Crippen LogP contribution in [0.15, 0.2) is 42.0 Å². The van der Waals surface area contributed by atoms with E-state index in [0.717, 1.165) is 57.9 Å². The maximum atomic E-state index is 13.3. The van der Waals surface area contributed by atoms with Crippen LogP contribution >= 0.6 is 11.6 Å². The molecule has 0 aromatic heterocycles. The monoisotopic (exact) mass is 624 g/mol. The molecule has 9 heteroatoms. The first-order chi connectivity index (χ1) is 20.5. The Labute approximate surface area is 259 Å². The fourth-order valence-electron chi connectivity index (χ4n) is 8.45. The molecule has 5 aliphatic carbocycles. The van der Waals surface area contributed by atoms with Crippen LogP contribution in [0, 0.1) is 37.0 Å². The molecule has 4 saturated carbocycles. The van der Waals surface area contributed by atoms with Crippen molar-refractivity contribution in [1.29, 1.82) is 0 Å². The van der Waals surface area contributed by atoms with Crippen molar-refractivity contribution in [1.82, 2.24) is 10.0 Å². The van der Waals surface area contributed by atoms with E-state index in [1.165, 1.54) is 19.3 Å². The van der Waals surface area contributed by atoms with Gasteiger partial charge in [0.15, 0.2) is 0 Å². The average molecular weight is 625 g/mol. The quantitative estimate of drug-likeness (QED) is 0.303. The molecule has 0 spiro atoms. The molecule has 7 rings (SSSR count). The molecule has 43 heavy (non-hydrogen) atoms. The highest BCUT2D eigenvalue weighted by Gasteiger charge is 2.55. The molecule has 2 aromatic rings. The number of allylic oxidation sites excluding steroid dienone is 1. The third-order valence-corrected chi connectivity index (χ3v) is 11.9. The number of benzene rings is 2. The Balaban J connectivity index is 1.04. The lowest BCUT2D eigenvalue weighted by Crippen LogP contribution is -2.55. The number of nitrogens with one attached hydrogen (secondary N) is 2. The molecule has 4 bridgehead atoms. The molecule has 4 fully saturated rings. The second-order valence-corrected chi connectivity index (χ2v) is 15.5. The van der Waals surface area contributed by atoms with Gasteiger partial charge in [-0.2, -0.15) is 0 Å². The van der Waals surface area contributed by atoms with Crippen molar-refractivity contribution in [2.45, 2.75) is 71.6 Å². The molecular formula is C34H41ClN2O5S. The van der Waals surface area contributed by atoms with E-state index in [1.54, 1.807) is 0 Å². The predicted molar refractivity (Wildman–Crippen MR) is 168 cm³/mol. The van der Waals surface area contributed by atoms with Gasteiger partial charge >= 0.3 is 0 Å². The number of amides is 2. The first kappa shape index (κ1) is 30.2. The molecule has 230 valence electrons. The summed E-state index contributed by atoms with van der Waals surface area (Å²) in [6.45, 7) is 4.34. The van der Waals surface area contributed by atoms with Gasteiger partial charge in [-0.25, -0.2) is 8.42 Å². The zero-order valence-electron chi connectivity index (χ0n) is 25.0. The van der Waals surface area contributed by atoms with Crippen molar-refractivity contribution < 1.29 is 22.7 Å². The Bertz CT molecular complexity index is 1520. The molecule has 5 aliphatic rings. The van der Waals surface area contributed by atoms with Crippen molar-refractivity contribution in [2.75, 3.05) is 18.9 Å². The van der Waals surface area contributed by atoms with E-state index < -0.39 is 15.4 Å². The van der Waals surface area contributed by atoms with Gasteiger partial charge in [0.1, 0.15) is 5.75 Å². The zero-order chi connectivity index (χ0) is 30.4. The minimum atomic E-state index is -3.87. The number of aryl methyl sites for hydroxylation is 2. The van der Waals surface area contributed by atoms with Crippen LogP contribution in [0.25, 0.3) is 5.57 Å². The van der Waals surface area contributed by atoms with E-state index in [9.17, 15) is 18.0 Å². The number of halogens is 1. The summed E-state index contributed by atoms with van der Waals surface area (Å²) in [7, 11) is -3.87. The van der Waals surface area contributed by atoms with Crippen molar-refractivity contribution in [3.05, 3.63) is 69.2 Å². The second kappa shape index (κ2) is 11.9. The largest absolute Gasteiger partial charge is 0.494 e. The highest BCUT2D eigenvalue weighted by atomic mass is 35.5. The van der Waals surface area contributed by atoms with Gasteiger partial charge in [0.2, 0.25) is 21.8 Å². The van der Waals surface area contributed by atoms with E-state index >= 15 is 0 Å². The molecule has 0 saturated heterocycles. The normalized spacial score (nSPS) is 25.5. The summed E-state index contributed by atoms with van der Waals surface area (Å²) in [5.74, 6) is 1.49. The van der Waals surface area contributed by atoms with Crippen LogP contribution in [-0.2, 0) is 26.0 Å². The lowest BCUT2D eigenvalue weighted by molar-refractivity contribution is -0.144. The van der Waals surface area contributed by atoms with Gasteiger partial charge in [-0.3, -0.25) is 14.3 Å². The summed E-state index contributed by atoms with van der Waals surface area (Å²) < 4.78 is 34.2. The molecule has 0 atom stereocenters. The molecular weight excluding hydrogens is 584 g/mol. The van der Waals surface area contributed by atoms with Gasteiger partial charge < -0.3 is 10.1 Å². The maximum absolute atomic E-state index is 13.3. The molecule has 0 radical (unpaired) electrons. The van der Waals surface area contributed by atoms with E-state index in [2.05, 4.69) is 10.0 Å². The van der Waals surface area contributed by atoms with E-state index in [-0.39, 0.29) is 24.1 Å². The fourth-order valence-corrected chi connectivity index (χ4v) is 9.54. The number of sulfonamides is 1. The minimum Gasteiger partial charge on any atom is -0.494 e. The topological polar surface area (TPSA) is 102 Å². The molecule has 0 heterocycles. The molecule has 2 amide bonds. The Morgan fingerprint density at radius 3 is 2.28 bits per heavy atom. The summed E-state index contributed by atoms with van der Waals surface area (Å²) in [4.78, 5) is 26.6. The third-order valence-electron chi connectivity index (χ3n) is 10.0. The lowest BCUT2D eigenvalue weighted by atomic mass is 9.49. The van der Waals surface area contributed by atoms with Crippen LogP contribution in [-0.4, -0.2) is 39.1 Å². The minimum absolute atomic E-state index is 0.0617. The maximum Gasteiger partial charge on any atom is 0.247 e. The number of ether oxygens (including phenoxy) is 1. The van der Waals surface area contributed by atoms with Gasteiger partial charge in [0, 0.05) is 23.6 Å². The number of carbonyl (C=O) groups excluding carboxylic acids is 2. The van der Waals surface area contributed by atoms with Crippen molar-refractivity contribution in [3.8, 4) is 5.75 Å². The molecule has 2 N–H and O–H groups in total. The summed E-state index contributed by atoms with van der Waals surface area (Å²) >= 11 is 6.28. The Hall–Kier alpha value is -2.84. The number of rotatable bonds is 11. The van der Waals surface area contributed by atoms with Crippen LogP contribution in [0.1, 0.15) is 73.6 Å². The summed E-state index contributed by atoms with van der Waals surface area (Å²) in [5, 5.41) is 3.56. The number of carbonyl (C=O) groups is 2. The SMILES string of the molecule is Cc1cc(OCCCC2=C(C(=O)NCCS(=O)(=O)NC(=O)C34CC5CC(CC(C5)C3)C4)Cc3ccccc32)cc(C)c1Cl. The van der Waals surface area contributed by atoms with Crippen molar-refractivity contribution in [2.24, 2.45) is 23.2 Å². The zero-order valence-corrected chi connectivity index (χ0v) is 26.6. The third kappa shape index (κ3) is 6.37. The highest BCUT2D eigenvalue weighted by Crippen LogP contribution is 2.60. The van der Waals surface area contributed by atoms with E-state index in [4.69, 9.17) is 16.3 Å². The summed E-state index contributed by atoms with van der Waals surface area (Å²) in [5.41, 5.74) is 5.18. The van der Waals surface area contributed by atoms with Gasteiger partial charge in [-0.05, 0) is 123 Å². The Morgan fingerprint density at radius 2 is 1.63 bits per heavy atom. The van der Waals surface area contributed by atoms with E-state index in [1.807, 2.05) is 50.2 Å². The van der Waals surface area contributed by atoms with Crippen LogP contribution in [0.2, 0.25) is 5.02 Å².